The number of carbonyl (C=O) groups excluding carboxylic acids is 2. The Balaban J connectivity index is 1.50. The maximum absolute atomic E-state index is 14.1. The highest BCUT2D eigenvalue weighted by Crippen LogP contribution is 2.39. The third kappa shape index (κ3) is 4.57. The van der Waals surface area contributed by atoms with Crippen molar-refractivity contribution in [3.05, 3.63) is 50.7 Å². The topological polar surface area (TPSA) is 71.0 Å². The smallest absolute Gasteiger partial charge is 0.235 e. The number of halogens is 4. The van der Waals surface area contributed by atoms with Gasteiger partial charge in [-0.25, -0.2) is 9.18 Å². The predicted molar refractivity (Wildman–Crippen MR) is 123 cm³/mol. The van der Waals surface area contributed by atoms with Crippen molar-refractivity contribution in [2.24, 2.45) is 4.99 Å². The summed E-state index contributed by atoms with van der Waals surface area (Å²) in [6.07, 6.45) is 3.33. The minimum Gasteiger partial charge on any atom is -0.491 e. The second-order valence-corrected chi connectivity index (χ2v) is 9.09. The molecule has 6 nitrogen and oxygen atoms in total. The maximum atomic E-state index is 14.1. The van der Waals surface area contributed by atoms with E-state index in [0.717, 1.165) is 5.69 Å². The van der Waals surface area contributed by atoms with Gasteiger partial charge in [0.05, 0.1) is 26.4 Å². The summed E-state index contributed by atoms with van der Waals surface area (Å²) >= 11 is 18.5. The largest absolute Gasteiger partial charge is 0.491 e. The second kappa shape index (κ2) is 9.28. The van der Waals surface area contributed by atoms with Crippen LogP contribution < -0.4 is 15.0 Å². The highest BCUT2D eigenvalue weighted by molar-refractivity contribution is 6.44. The first-order chi connectivity index (χ1) is 15.3. The fraction of sp³-hybridized carbons (Fsp3) is 0.364. The van der Waals surface area contributed by atoms with Crippen LogP contribution in [0.4, 0.5) is 15.8 Å². The number of isocyanates is 1. The molecule has 0 unspecified atom stereocenters. The summed E-state index contributed by atoms with van der Waals surface area (Å²) < 4.78 is 20.1. The van der Waals surface area contributed by atoms with Crippen LogP contribution in [-0.2, 0) is 16.0 Å². The van der Waals surface area contributed by atoms with Crippen molar-refractivity contribution >= 4 is 58.2 Å². The molecule has 2 aliphatic heterocycles. The average Bonchev–Trinajstić information content (AvgIpc) is 2.77. The van der Waals surface area contributed by atoms with Gasteiger partial charge in [-0.3, -0.25) is 4.79 Å². The molecule has 0 radical (unpaired) electrons. The summed E-state index contributed by atoms with van der Waals surface area (Å²) in [5.41, 5.74) is 0.736. The summed E-state index contributed by atoms with van der Waals surface area (Å²) in [4.78, 5) is 28.9. The Kier molecular flexibility index (Phi) is 6.63. The number of anilines is 2. The number of fused-ring (bicyclic) bond motifs is 1. The Morgan fingerprint density at radius 2 is 1.84 bits per heavy atom. The Morgan fingerprint density at radius 3 is 2.56 bits per heavy atom. The Bertz CT molecular complexity index is 1110. The van der Waals surface area contributed by atoms with Gasteiger partial charge in [0.25, 0.3) is 0 Å². The number of hydrogen-bond donors (Lipinski definition) is 1. The van der Waals surface area contributed by atoms with Gasteiger partial charge in [-0.15, -0.1) is 0 Å². The molecular formula is C22H19Cl3FN3O3. The van der Waals surface area contributed by atoms with Crippen LogP contribution in [0.25, 0.3) is 0 Å². The molecular weight excluding hydrogens is 480 g/mol. The highest BCUT2D eigenvalue weighted by atomic mass is 35.5. The molecule has 1 N–H and O–H groups in total. The molecule has 0 spiro atoms. The van der Waals surface area contributed by atoms with Crippen molar-refractivity contribution in [3.63, 3.8) is 0 Å². The second-order valence-electron chi connectivity index (χ2n) is 7.87. The molecule has 0 atom stereocenters. The van der Waals surface area contributed by atoms with E-state index in [-0.39, 0.29) is 24.6 Å². The van der Waals surface area contributed by atoms with Crippen LogP contribution in [0.15, 0.2) is 29.3 Å². The lowest BCUT2D eigenvalue weighted by Crippen LogP contribution is -2.47. The van der Waals surface area contributed by atoms with Gasteiger partial charge in [-0.05, 0) is 43.5 Å². The Morgan fingerprint density at radius 1 is 1.12 bits per heavy atom. The van der Waals surface area contributed by atoms with Crippen molar-refractivity contribution in [2.45, 2.75) is 31.2 Å². The number of hydrogen-bond acceptors (Lipinski definition) is 5. The van der Waals surface area contributed by atoms with Crippen LogP contribution in [0.5, 0.6) is 5.75 Å². The third-order valence-electron chi connectivity index (χ3n) is 5.89. The number of rotatable bonds is 5. The normalized spacial score (nSPS) is 17.2. The molecule has 4 rings (SSSR count). The number of ether oxygens (including phenoxy) is 1. The average molecular weight is 499 g/mol. The van der Waals surface area contributed by atoms with Gasteiger partial charge in [0, 0.05) is 25.1 Å². The molecule has 10 heteroatoms. The van der Waals surface area contributed by atoms with Crippen molar-refractivity contribution in [1.29, 1.82) is 0 Å². The van der Waals surface area contributed by atoms with Gasteiger partial charge in [0.1, 0.15) is 23.7 Å². The standard InChI is InChI=1S/C22H19Cl3FN3O3/c23-14-9-16(25)18(10-15(14)24)29-7-5-22(6-8-29,27-12-30)11-32-19-3-2-17(26)21-13(19)1-4-20(31)28-21/h2-3,9-10H,1,4-8,11H2,(H,28,31). The van der Waals surface area contributed by atoms with E-state index in [0.29, 0.717) is 58.7 Å². The van der Waals surface area contributed by atoms with Crippen molar-refractivity contribution in [2.75, 3.05) is 29.9 Å². The number of nitrogens with zero attached hydrogens (tertiary/aromatic N) is 2. The molecule has 0 saturated carbocycles. The number of carbonyl (C=O) groups is 1. The van der Waals surface area contributed by atoms with E-state index in [1.165, 1.54) is 12.1 Å². The van der Waals surface area contributed by atoms with Crippen molar-refractivity contribution in [1.82, 2.24) is 0 Å². The molecule has 0 aliphatic carbocycles. The third-order valence-corrected chi connectivity index (χ3v) is 6.91. The number of piperidine rings is 1. The minimum atomic E-state index is -0.778. The van der Waals surface area contributed by atoms with Crippen LogP contribution in [0.1, 0.15) is 24.8 Å². The number of amides is 1. The molecule has 32 heavy (non-hydrogen) atoms. The van der Waals surface area contributed by atoms with E-state index in [4.69, 9.17) is 39.5 Å². The molecule has 1 saturated heterocycles. The number of nitrogens with one attached hydrogen (secondary N) is 1. The zero-order valence-corrected chi connectivity index (χ0v) is 19.2. The zero-order chi connectivity index (χ0) is 22.9. The van der Waals surface area contributed by atoms with Gasteiger partial charge in [0.15, 0.2) is 0 Å². The molecule has 168 valence electrons. The quantitative estimate of drug-likeness (QED) is 0.339. The van der Waals surface area contributed by atoms with Crippen molar-refractivity contribution < 1.29 is 18.7 Å². The lowest BCUT2D eigenvalue weighted by Gasteiger charge is -2.39. The van der Waals surface area contributed by atoms with E-state index in [2.05, 4.69) is 15.2 Å². The van der Waals surface area contributed by atoms with E-state index in [1.807, 2.05) is 0 Å². The molecule has 0 bridgehead atoms. The summed E-state index contributed by atoms with van der Waals surface area (Å²) in [6, 6.07) is 6.11. The molecule has 2 aliphatic rings. The summed E-state index contributed by atoms with van der Waals surface area (Å²) in [6.45, 7) is 1.24. The van der Waals surface area contributed by atoms with Crippen molar-refractivity contribution in [3.8, 4) is 5.75 Å². The summed E-state index contributed by atoms with van der Waals surface area (Å²) in [7, 11) is 0. The fourth-order valence-electron chi connectivity index (χ4n) is 4.07. The number of aliphatic imine (C=N–C) groups is 1. The Hall–Kier alpha value is -2.31. The van der Waals surface area contributed by atoms with E-state index < -0.39 is 11.4 Å². The van der Waals surface area contributed by atoms with Gasteiger partial charge in [-0.1, -0.05) is 34.8 Å². The van der Waals surface area contributed by atoms with Gasteiger partial charge in [0.2, 0.25) is 12.0 Å². The first-order valence-corrected chi connectivity index (χ1v) is 11.2. The zero-order valence-electron chi connectivity index (χ0n) is 16.9. The first-order valence-electron chi connectivity index (χ1n) is 10.0. The van der Waals surface area contributed by atoms with E-state index in [9.17, 15) is 14.0 Å². The summed E-state index contributed by atoms with van der Waals surface area (Å²) in [5, 5.41) is 3.83. The molecule has 2 heterocycles. The van der Waals surface area contributed by atoms with Crippen LogP contribution in [0, 0.1) is 5.82 Å². The van der Waals surface area contributed by atoms with Crippen LogP contribution >= 0.6 is 34.8 Å². The maximum Gasteiger partial charge on any atom is 0.235 e. The summed E-state index contributed by atoms with van der Waals surface area (Å²) in [5.74, 6) is -0.270. The molecule has 0 aromatic heterocycles. The van der Waals surface area contributed by atoms with Gasteiger partial charge in [-0.2, -0.15) is 4.99 Å². The molecule has 1 amide bonds. The molecule has 2 aromatic carbocycles. The van der Waals surface area contributed by atoms with E-state index in [1.54, 1.807) is 18.2 Å². The molecule has 1 fully saturated rings. The minimum absolute atomic E-state index is 0.122. The monoisotopic (exact) mass is 497 g/mol. The first kappa shape index (κ1) is 22.9. The lowest BCUT2D eigenvalue weighted by atomic mass is 9.88. The SMILES string of the molecule is O=C=NC1(COc2ccc(F)c3c2CCC(=O)N3)CCN(c2cc(Cl)c(Cl)cc2Cl)CC1. The predicted octanol–water partition coefficient (Wildman–Crippen LogP) is 5.42. The fourth-order valence-corrected chi connectivity index (χ4v) is 4.74. The van der Waals surface area contributed by atoms with E-state index >= 15 is 0 Å². The lowest BCUT2D eigenvalue weighted by molar-refractivity contribution is -0.116. The van der Waals surface area contributed by atoms with Gasteiger partial charge >= 0.3 is 0 Å². The van der Waals surface area contributed by atoms with Crippen LogP contribution in [0.2, 0.25) is 15.1 Å². The van der Waals surface area contributed by atoms with Crippen LogP contribution in [-0.4, -0.2) is 37.2 Å². The number of benzene rings is 2. The molecule has 2 aromatic rings. The Labute approximate surface area is 199 Å². The highest BCUT2D eigenvalue weighted by Gasteiger charge is 2.37. The van der Waals surface area contributed by atoms with Crippen LogP contribution in [0.3, 0.4) is 0 Å². The van der Waals surface area contributed by atoms with Gasteiger partial charge < -0.3 is 15.0 Å².